The number of aryl methyl sites for hydroxylation is 1. The number of carbonyl (C=O) groups is 2. The second kappa shape index (κ2) is 8.45. The summed E-state index contributed by atoms with van der Waals surface area (Å²) in [6.07, 6.45) is 0.303. The number of nitrogens with one attached hydrogen (secondary N) is 2. The zero-order valence-corrected chi connectivity index (χ0v) is 15.3. The van der Waals surface area contributed by atoms with Crippen molar-refractivity contribution in [3.8, 4) is 0 Å². The molecule has 2 N–H and O–H groups in total. The van der Waals surface area contributed by atoms with E-state index in [0.29, 0.717) is 24.2 Å². The van der Waals surface area contributed by atoms with Gasteiger partial charge in [-0.05, 0) is 36.1 Å². The van der Waals surface area contributed by atoms with Crippen LogP contribution < -0.4 is 10.6 Å². The molecular formula is C21H20N2O2S. The van der Waals surface area contributed by atoms with Crippen molar-refractivity contribution in [2.24, 2.45) is 0 Å². The Hall–Kier alpha value is -2.92. The highest BCUT2D eigenvalue weighted by Gasteiger charge is 2.13. The van der Waals surface area contributed by atoms with Gasteiger partial charge in [0.05, 0.1) is 17.7 Å². The second-order valence-electron chi connectivity index (χ2n) is 6.02. The molecule has 0 atom stereocenters. The molecule has 0 saturated heterocycles. The van der Waals surface area contributed by atoms with Gasteiger partial charge < -0.3 is 10.6 Å². The summed E-state index contributed by atoms with van der Waals surface area (Å²) in [6, 6.07) is 18.9. The molecule has 0 saturated carbocycles. The predicted octanol–water partition coefficient (Wildman–Crippen LogP) is 4.17. The van der Waals surface area contributed by atoms with Gasteiger partial charge in [-0.1, -0.05) is 48.0 Å². The molecule has 1 heterocycles. The van der Waals surface area contributed by atoms with Gasteiger partial charge in [-0.15, -0.1) is 11.3 Å². The van der Waals surface area contributed by atoms with Crippen molar-refractivity contribution in [2.45, 2.75) is 19.9 Å². The van der Waals surface area contributed by atoms with E-state index in [9.17, 15) is 9.59 Å². The van der Waals surface area contributed by atoms with E-state index in [1.807, 2.05) is 48.7 Å². The predicted molar refractivity (Wildman–Crippen MR) is 105 cm³/mol. The Morgan fingerprint density at radius 3 is 2.46 bits per heavy atom. The maximum absolute atomic E-state index is 12.5. The number of rotatable bonds is 6. The zero-order valence-electron chi connectivity index (χ0n) is 14.5. The number of benzene rings is 2. The SMILES string of the molecule is Cc1ccc(CNC(=O)c2ccccc2NC(=O)Cc2cccs2)cc1. The zero-order chi connectivity index (χ0) is 18.4. The molecule has 5 heteroatoms. The first-order chi connectivity index (χ1) is 12.6. The number of thiophene rings is 1. The summed E-state index contributed by atoms with van der Waals surface area (Å²) >= 11 is 1.54. The van der Waals surface area contributed by atoms with Gasteiger partial charge in [0.15, 0.2) is 0 Å². The van der Waals surface area contributed by atoms with E-state index in [1.165, 1.54) is 16.9 Å². The van der Waals surface area contributed by atoms with Crippen LogP contribution in [0.3, 0.4) is 0 Å². The summed E-state index contributed by atoms with van der Waals surface area (Å²) in [7, 11) is 0. The molecule has 26 heavy (non-hydrogen) atoms. The fourth-order valence-electron chi connectivity index (χ4n) is 2.54. The van der Waals surface area contributed by atoms with E-state index in [2.05, 4.69) is 10.6 Å². The van der Waals surface area contributed by atoms with Crippen molar-refractivity contribution in [1.29, 1.82) is 0 Å². The summed E-state index contributed by atoms with van der Waals surface area (Å²) in [4.78, 5) is 25.8. The summed E-state index contributed by atoms with van der Waals surface area (Å²) < 4.78 is 0. The Kier molecular flexibility index (Phi) is 5.81. The lowest BCUT2D eigenvalue weighted by Crippen LogP contribution is -2.25. The lowest BCUT2D eigenvalue weighted by atomic mass is 10.1. The van der Waals surface area contributed by atoms with E-state index >= 15 is 0 Å². The van der Waals surface area contributed by atoms with Crippen LogP contribution in [-0.2, 0) is 17.8 Å². The van der Waals surface area contributed by atoms with Crippen LogP contribution in [0, 0.1) is 6.92 Å². The van der Waals surface area contributed by atoms with Crippen LogP contribution in [0.25, 0.3) is 0 Å². The number of carbonyl (C=O) groups excluding carboxylic acids is 2. The Morgan fingerprint density at radius 1 is 0.962 bits per heavy atom. The molecule has 0 fully saturated rings. The smallest absolute Gasteiger partial charge is 0.253 e. The van der Waals surface area contributed by atoms with Crippen molar-refractivity contribution in [3.05, 3.63) is 87.6 Å². The van der Waals surface area contributed by atoms with Crippen LogP contribution in [0.5, 0.6) is 0 Å². The maximum atomic E-state index is 12.5. The van der Waals surface area contributed by atoms with Crippen LogP contribution in [0.1, 0.15) is 26.4 Å². The first-order valence-electron chi connectivity index (χ1n) is 8.37. The van der Waals surface area contributed by atoms with Gasteiger partial charge >= 0.3 is 0 Å². The quantitative estimate of drug-likeness (QED) is 0.690. The van der Waals surface area contributed by atoms with Gasteiger partial charge in [0.1, 0.15) is 0 Å². The van der Waals surface area contributed by atoms with Gasteiger partial charge in [-0.25, -0.2) is 0 Å². The molecule has 132 valence electrons. The van der Waals surface area contributed by atoms with E-state index in [4.69, 9.17) is 0 Å². The molecule has 4 nitrogen and oxygen atoms in total. The van der Waals surface area contributed by atoms with Crippen LogP contribution >= 0.6 is 11.3 Å². The van der Waals surface area contributed by atoms with Crippen LogP contribution in [0.2, 0.25) is 0 Å². The van der Waals surface area contributed by atoms with Crippen molar-refractivity contribution in [2.75, 3.05) is 5.32 Å². The van der Waals surface area contributed by atoms with Gasteiger partial charge in [-0.2, -0.15) is 0 Å². The summed E-state index contributed by atoms with van der Waals surface area (Å²) in [5.41, 5.74) is 3.19. The lowest BCUT2D eigenvalue weighted by molar-refractivity contribution is -0.115. The number of hydrogen-bond acceptors (Lipinski definition) is 3. The summed E-state index contributed by atoms with van der Waals surface area (Å²) in [5.74, 6) is -0.344. The average molecular weight is 364 g/mol. The molecule has 2 amide bonds. The highest BCUT2D eigenvalue weighted by atomic mass is 32.1. The number of hydrogen-bond donors (Lipinski definition) is 2. The van der Waals surface area contributed by atoms with E-state index in [-0.39, 0.29) is 11.8 Å². The first-order valence-corrected chi connectivity index (χ1v) is 9.25. The van der Waals surface area contributed by atoms with E-state index in [1.54, 1.807) is 24.3 Å². The van der Waals surface area contributed by atoms with Crippen molar-refractivity contribution < 1.29 is 9.59 Å². The average Bonchev–Trinajstić information content (AvgIpc) is 3.14. The van der Waals surface area contributed by atoms with Gasteiger partial charge in [0.25, 0.3) is 5.91 Å². The Balaban J connectivity index is 1.64. The second-order valence-corrected chi connectivity index (χ2v) is 7.05. The third kappa shape index (κ3) is 4.80. The molecule has 3 aromatic rings. The molecule has 0 bridgehead atoms. The topological polar surface area (TPSA) is 58.2 Å². The number of para-hydroxylation sites is 1. The van der Waals surface area contributed by atoms with E-state index in [0.717, 1.165) is 10.4 Å². The lowest BCUT2D eigenvalue weighted by Gasteiger charge is -2.11. The molecule has 3 rings (SSSR count). The standard InChI is InChI=1S/C21H20N2O2S/c1-15-8-10-16(11-9-15)14-22-21(25)18-6-2-3-7-19(18)23-20(24)13-17-5-4-12-26-17/h2-12H,13-14H2,1H3,(H,22,25)(H,23,24). The van der Waals surface area contributed by atoms with Crippen molar-refractivity contribution in [1.82, 2.24) is 5.32 Å². The Morgan fingerprint density at radius 2 is 1.73 bits per heavy atom. The number of anilines is 1. The minimum atomic E-state index is -0.211. The third-order valence-corrected chi connectivity index (χ3v) is 4.81. The first kappa shape index (κ1) is 17.9. The van der Waals surface area contributed by atoms with E-state index < -0.39 is 0 Å². The highest BCUT2D eigenvalue weighted by Crippen LogP contribution is 2.17. The minimum absolute atomic E-state index is 0.133. The molecule has 0 aliphatic rings. The fourth-order valence-corrected chi connectivity index (χ4v) is 3.24. The minimum Gasteiger partial charge on any atom is -0.348 e. The molecule has 2 aromatic carbocycles. The fraction of sp³-hybridized carbons (Fsp3) is 0.143. The Bertz CT molecular complexity index is 887. The number of amides is 2. The molecule has 1 aromatic heterocycles. The molecule has 0 unspecified atom stereocenters. The Labute approximate surface area is 156 Å². The molecule has 0 aliphatic carbocycles. The highest BCUT2D eigenvalue weighted by molar-refractivity contribution is 7.10. The van der Waals surface area contributed by atoms with Gasteiger partial charge in [0.2, 0.25) is 5.91 Å². The molecular weight excluding hydrogens is 344 g/mol. The van der Waals surface area contributed by atoms with Crippen LogP contribution in [0.15, 0.2) is 66.0 Å². The largest absolute Gasteiger partial charge is 0.348 e. The van der Waals surface area contributed by atoms with Gasteiger partial charge in [-0.3, -0.25) is 9.59 Å². The van der Waals surface area contributed by atoms with Crippen molar-refractivity contribution in [3.63, 3.8) is 0 Å². The molecule has 0 radical (unpaired) electrons. The maximum Gasteiger partial charge on any atom is 0.253 e. The summed E-state index contributed by atoms with van der Waals surface area (Å²) in [5, 5.41) is 7.69. The normalized spacial score (nSPS) is 10.3. The van der Waals surface area contributed by atoms with Crippen LogP contribution in [-0.4, -0.2) is 11.8 Å². The summed E-state index contributed by atoms with van der Waals surface area (Å²) in [6.45, 7) is 2.47. The molecule has 0 aliphatic heterocycles. The monoisotopic (exact) mass is 364 g/mol. The third-order valence-electron chi connectivity index (χ3n) is 3.93. The van der Waals surface area contributed by atoms with Gasteiger partial charge in [0, 0.05) is 11.4 Å². The van der Waals surface area contributed by atoms with Crippen molar-refractivity contribution >= 4 is 28.8 Å². The molecule has 0 spiro atoms. The van der Waals surface area contributed by atoms with Crippen LogP contribution in [0.4, 0.5) is 5.69 Å².